The Morgan fingerprint density at radius 3 is 2.33 bits per heavy atom. The van der Waals surface area contributed by atoms with Gasteiger partial charge in [-0.05, 0) is 13.3 Å². The zero-order valence-electron chi connectivity index (χ0n) is 11.5. The number of Topliss-reactive ketones (excluding diaryl/α,β-unsaturated/α-hetero) is 1. The highest BCUT2D eigenvalue weighted by molar-refractivity contribution is 5.81. The number of carbonyl (C=O) groups excluding carboxylic acids is 1. The van der Waals surface area contributed by atoms with E-state index in [1.807, 2.05) is 0 Å². The molecular weight excluding hydrogens is 226 g/mol. The number of rotatable bonds is 3. The minimum absolute atomic E-state index is 0.365. The lowest BCUT2D eigenvalue weighted by atomic mass is 10.1. The van der Waals surface area contributed by atoms with Crippen LogP contribution in [0.5, 0.6) is 0 Å². The molecule has 0 atom stereocenters. The summed E-state index contributed by atoms with van der Waals surface area (Å²) in [6, 6.07) is 0. The number of piperidine rings is 1. The third-order valence-corrected chi connectivity index (χ3v) is 3.54. The van der Waals surface area contributed by atoms with Gasteiger partial charge in [0.2, 0.25) is 0 Å². The van der Waals surface area contributed by atoms with E-state index in [1.54, 1.807) is 0 Å². The second-order valence-electron chi connectivity index (χ2n) is 4.77. The first kappa shape index (κ1) is 13.0. The molecule has 0 bridgehead atoms. The molecule has 1 aromatic rings. The van der Waals surface area contributed by atoms with Gasteiger partial charge in [0.1, 0.15) is 17.4 Å². The van der Waals surface area contributed by atoms with Gasteiger partial charge < -0.3 is 4.90 Å². The van der Waals surface area contributed by atoms with E-state index in [1.165, 1.54) is 5.56 Å². The van der Waals surface area contributed by atoms with Crippen molar-refractivity contribution in [3.8, 4) is 0 Å². The molecule has 1 fully saturated rings. The largest absolute Gasteiger partial charge is 0.355 e. The van der Waals surface area contributed by atoms with Crippen LogP contribution >= 0.6 is 0 Å². The molecule has 1 aliphatic heterocycles. The molecule has 0 N–H and O–H groups in total. The first-order valence-electron chi connectivity index (χ1n) is 6.78. The Hall–Kier alpha value is -1.45. The van der Waals surface area contributed by atoms with E-state index in [0.29, 0.717) is 18.6 Å². The van der Waals surface area contributed by atoms with Crippen LogP contribution in [0.15, 0.2) is 0 Å². The zero-order chi connectivity index (χ0) is 13.1. The minimum atomic E-state index is 0.365. The van der Waals surface area contributed by atoms with Crippen molar-refractivity contribution in [2.45, 2.75) is 46.5 Å². The highest BCUT2D eigenvalue weighted by Gasteiger charge is 2.20. The Morgan fingerprint density at radius 1 is 1.11 bits per heavy atom. The molecule has 0 aliphatic carbocycles. The molecule has 18 heavy (non-hydrogen) atoms. The van der Waals surface area contributed by atoms with Gasteiger partial charge in [0.25, 0.3) is 0 Å². The van der Waals surface area contributed by atoms with Crippen molar-refractivity contribution in [3.63, 3.8) is 0 Å². The quantitative estimate of drug-likeness (QED) is 0.820. The van der Waals surface area contributed by atoms with E-state index in [2.05, 4.69) is 35.6 Å². The van der Waals surface area contributed by atoms with Crippen molar-refractivity contribution >= 4 is 11.6 Å². The van der Waals surface area contributed by atoms with Crippen LogP contribution in [0.3, 0.4) is 0 Å². The summed E-state index contributed by atoms with van der Waals surface area (Å²) in [5.74, 6) is 2.31. The fourth-order valence-corrected chi connectivity index (χ4v) is 2.38. The van der Waals surface area contributed by atoms with Gasteiger partial charge >= 0.3 is 0 Å². The number of anilines is 1. The molecule has 4 heteroatoms. The summed E-state index contributed by atoms with van der Waals surface area (Å²) in [6.07, 6.45) is 3.08. The van der Waals surface area contributed by atoms with Crippen LogP contribution in [0.2, 0.25) is 0 Å². The van der Waals surface area contributed by atoms with Gasteiger partial charge in [-0.1, -0.05) is 13.8 Å². The van der Waals surface area contributed by atoms with E-state index in [0.717, 1.165) is 43.3 Å². The van der Waals surface area contributed by atoms with Crippen LogP contribution < -0.4 is 4.90 Å². The van der Waals surface area contributed by atoms with E-state index < -0.39 is 0 Å². The Bertz CT molecular complexity index is 447. The maximum Gasteiger partial charge on any atom is 0.136 e. The lowest BCUT2D eigenvalue weighted by molar-refractivity contribution is -0.119. The van der Waals surface area contributed by atoms with E-state index in [9.17, 15) is 4.79 Å². The molecule has 0 unspecified atom stereocenters. The number of hydrogen-bond acceptors (Lipinski definition) is 4. The zero-order valence-corrected chi connectivity index (χ0v) is 11.5. The predicted octanol–water partition coefficient (Wildman–Crippen LogP) is 2.08. The lowest BCUT2D eigenvalue weighted by Crippen LogP contribution is -2.35. The molecule has 1 aliphatic rings. The lowest BCUT2D eigenvalue weighted by Gasteiger charge is -2.29. The van der Waals surface area contributed by atoms with Crippen LogP contribution in [0.1, 0.15) is 43.8 Å². The average molecular weight is 247 g/mol. The van der Waals surface area contributed by atoms with Gasteiger partial charge in [0.05, 0.1) is 0 Å². The molecule has 98 valence electrons. The second-order valence-corrected chi connectivity index (χ2v) is 4.77. The van der Waals surface area contributed by atoms with Crippen molar-refractivity contribution in [2.24, 2.45) is 0 Å². The molecule has 1 saturated heterocycles. The Balaban J connectivity index is 2.33. The van der Waals surface area contributed by atoms with Crippen molar-refractivity contribution in [3.05, 3.63) is 17.1 Å². The standard InChI is InChI=1S/C14H21N3O/c1-4-12-10(3)14(16-13(5-2)15-12)17-8-6-11(18)7-9-17/h4-9H2,1-3H3. The van der Waals surface area contributed by atoms with E-state index in [4.69, 9.17) is 0 Å². The number of hydrogen-bond donors (Lipinski definition) is 0. The van der Waals surface area contributed by atoms with Crippen LogP contribution in [-0.2, 0) is 17.6 Å². The average Bonchev–Trinajstić information content (AvgIpc) is 2.40. The van der Waals surface area contributed by atoms with Crippen molar-refractivity contribution in [1.82, 2.24) is 9.97 Å². The highest BCUT2D eigenvalue weighted by Crippen LogP contribution is 2.23. The molecule has 0 amide bonds. The monoisotopic (exact) mass is 247 g/mol. The normalized spacial score (nSPS) is 16.2. The van der Waals surface area contributed by atoms with Gasteiger partial charge in [0, 0.05) is 43.6 Å². The third-order valence-electron chi connectivity index (χ3n) is 3.54. The maximum absolute atomic E-state index is 11.3. The molecule has 4 nitrogen and oxygen atoms in total. The smallest absolute Gasteiger partial charge is 0.136 e. The number of nitrogens with zero attached hydrogens (tertiary/aromatic N) is 3. The first-order valence-corrected chi connectivity index (χ1v) is 6.78. The topological polar surface area (TPSA) is 46.1 Å². The molecular formula is C14H21N3O. The number of aryl methyl sites for hydroxylation is 2. The number of ketones is 1. The third kappa shape index (κ3) is 2.52. The molecule has 0 saturated carbocycles. The van der Waals surface area contributed by atoms with Crippen LogP contribution in [0.4, 0.5) is 5.82 Å². The fraction of sp³-hybridized carbons (Fsp3) is 0.643. The molecule has 0 radical (unpaired) electrons. The van der Waals surface area contributed by atoms with E-state index in [-0.39, 0.29) is 0 Å². The second kappa shape index (κ2) is 5.46. The molecule has 2 heterocycles. The minimum Gasteiger partial charge on any atom is -0.355 e. The number of carbonyl (C=O) groups is 1. The van der Waals surface area contributed by atoms with Crippen molar-refractivity contribution in [1.29, 1.82) is 0 Å². The SMILES string of the molecule is CCc1nc(CC)c(C)c(N2CCC(=O)CC2)n1. The summed E-state index contributed by atoms with van der Waals surface area (Å²) in [5, 5.41) is 0. The van der Waals surface area contributed by atoms with Crippen LogP contribution in [0, 0.1) is 6.92 Å². The van der Waals surface area contributed by atoms with E-state index >= 15 is 0 Å². The number of aromatic nitrogens is 2. The summed E-state index contributed by atoms with van der Waals surface area (Å²) in [6.45, 7) is 7.88. The van der Waals surface area contributed by atoms with Crippen LogP contribution in [0.25, 0.3) is 0 Å². The predicted molar refractivity (Wildman–Crippen MR) is 72.0 cm³/mol. The fourth-order valence-electron chi connectivity index (χ4n) is 2.38. The molecule has 0 spiro atoms. The van der Waals surface area contributed by atoms with Gasteiger partial charge in [-0.25, -0.2) is 9.97 Å². The Kier molecular flexibility index (Phi) is 3.94. The Labute approximate surface area is 108 Å². The summed E-state index contributed by atoms with van der Waals surface area (Å²) >= 11 is 0. The van der Waals surface area contributed by atoms with Gasteiger partial charge in [0.15, 0.2) is 0 Å². The van der Waals surface area contributed by atoms with Gasteiger partial charge in [-0.2, -0.15) is 0 Å². The van der Waals surface area contributed by atoms with Crippen LogP contribution in [-0.4, -0.2) is 28.8 Å². The molecule has 2 rings (SSSR count). The summed E-state index contributed by atoms with van der Waals surface area (Å²) < 4.78 is 0. The first-order chi connectivity index (χ1) is 8.65. The highest BCUT2D eigenvalue weighted by atomic mass is 16.1. The maximum atomic E-state index is 11.3. The van der Waals surface area contributed by atoms with Crippen molar-refractivity contribution < 1.29 is 4.79 Å². The van der Waals surface area contributed by atoms with Gasteiger partial charge in [-0.3, -0.25) is 4.79 Å². The van der Waals surface area contributed by atoms with Gasteiger partial charge in [-0.15, -0.1) is 0 Å². The molecule has 1 aromatic heterocycles. The summed E-state index contributed by atoms with van der Waals surface area (Å²) in [4.78, 5) is 22.8. The Morgan fingerprint density at radius 2 is 1.78 bits per heavy atom. The molecule has 0 aromatic carbocycles. The van der Waals surface area contributed by atoms with Crippen molar-refractivity contribution in [2.75, 3.05) is 18.0 Å². The summed E-state index contributed by atoms with van der Waals surface area (Å²) in [7, 11) is 0. The summed E-state index contributed by atoms with van der Waals surface area (Å²) in [5.41, 5.74) is 2.30.